The summed E-state index contributed by atoms with van der Waals surface area (Å²) in [6.07, 6.45) is 3.71. The number of rotatable bonds is 7. The molecule has 0 saturated carbocycles. The molecule has 0 spiro atoms. The Hall–Kier alpha value is -1.12. The second-order valence-corrected chi connectivity index (χ2v) is 8.75. The summed E-state index contributed by atoms with van der Waals surface area (Å²) in [6, 6.07) is 13.0. The van der Waals surface area contributed by atoms with Gasteiger partial charge in [0.25, 0.3) is 0 Å². The van der Waals surface area contributed by atoms with Crippen LogP contribution in [0.2, 0.25) is 0 Å². The van der Waals surface area contributed by atoms with Crippen LogP contribution in [0.25, 0.3) is 0 Å². The van der Waals surface area contributed by atoms with Crippen LogP contribution in [0.5, 0.6) is 0 Å². The molecule has 0 unspecified atom stereocenters. The molecule has 0 aliphatic carbocycles. The second-order valence-electron chi connectivity index (χ2n) is 8.75. The Labute approximate surface area is 212 Å². The molecule has 0 radical (unpaired) electrons. The Morgan fingerprint density at radius 1 is 0.516 bits per heavy atom. The van der Waals surface area contributed by atoms with Crippen molar-refractivity contribution >= 4 is 23.8 Å². The molecular formula is C26H36Cl2FeN2. The molecule has 0 atom stereocenters. The number of hydrogen-bond acceptors (Lipinski definition) is 2. The predicted octanol–water partition coefficient (Wildman–Crippen LogP) is 2.29. The summed E-state index contributed by atoms with van der Waals surface area (Å²) in [5.41, 5.74) is 7.37. The maximum atomic E-state index is 4.84. The molecule has 2 rings (SSSR count). The molecule has 31 heavy (non-hydrogen) atoms. The first kappa shape index (κ1) is 32.1. The fraction of sp³-hybridized carbons (Fsp3) is 0.462. The van der Waals surface area contributed by atoms with Gasteiger partial charge in [-0.15, -0.1) is 0 Å². The molecule has 0 saturated heterocycles. The molecule has 0 bridgehead atoms. The number of halogens is 2. The zero-order valence-corrected chi connectivity index (χ0v) is 22.5. The van der Waals surface area contributed by atoms with Crippen LogP contribution in [0.4, 0.5) is 11.4 Å². The monoisotopic (exact) mass is 502 g/mol. The van der Waals surface area contributed by atoms with Gasteiger partial charge < -0.3 is 24.8 Å². The van der Waals surface area contributed by atoms with Crippen LogP contribution in [0, 0.1) is 0 Å². The topological polar surface area (TPSA) is 24.7 Å². The van der Waals surface area contributed by atoms with Gasteiger partial charge in [-0.1, -0.05) is 91.8 Å². The quantitative estimate of drug-likeness (QED) is 0.410. The van der Waals surface area contributed by atoms with Crippen molar-refractivity contribution in [2.24, 2.45) is 9.98 Å². The van der Waals surface area contributed by atoms with Crippen LogP contribution in [-0.4, -0.2) is 12.4 Å². The second kappa shape index (κ2) is 14.8. The van der Waals surface area contributed by atoms with Gasteiger partial charge in [0.2, 0.25) is 0 Å². The van der Waals surface area contributed by atoms with E-state index >= 15 is 0 Å². The van der Waals surface area contributed by atoms with E-state index in [4.69, 9.17) is 9.98 Å². The van der Waals surface area contributed by atoms with Crippen LogP contribution in [0.3, 0.4) is 0 Å². The molecule has 0 amide bonds. The van der Waals surface area contributed by atoms with Gasteiger partial charge >= 0.3 is 17.1 Å². The Morgan fingerprint density at radius 3 is 0.935 bits per heavy atom. The van der Waals surface area contributed by atoms with E-state index in [1.807, 2.05) is 12.4 Å². The normalized spacial score (nSPS) is 11.4. The van der Waals surface area contributed by atoms with E-state index in [9.17, 15) is 0 Å². The summed E-state index contributed by atoms with van der Waals surface area (Å²) in [4.78, 5) is 9.68. The Bertz CT molecular complexity index is 732. The first-order valence-corrected chi connectivity index (χ1v) is 10.6. The molecule has 0 aliphatic heterocycles. The van der Waals surface area contributed by atoms with Gasteiger partial charge in [0.1, 0.15) is 0 Å². The van der Waals surface area contributed by atoms with Crippen LogP contribution in [0.15, 0.2) is 46.4 Å². The number of benzene rings is 2. The maximum Gasteiger partial charge on any atom is 2.00 e. The van der Waals surface area contributed by atoms with E-state index in [2.05, 4.69) is 91.8 Å². The van der Waals surface area contributed by atoms with Gasteiger partial charge in [0.05, 0.1) is 11.4 Å². The Balaban J connectivity index is 0. The van der Waals surface area contributed by atoms with Crippen molar-refractivity contribution in [3.05, 3.63) is 58.7 Å². The van der Waals surface area contributed by atoms with Crippen LogP contribution in [-0.2, 0) is 17.1 Å². The van der Waals surface area contributed by atoms with Crippen LogP contribution >= 0.6 is 0 Å². The van der Waals surface area contributed by atoms with Crippen LogP contribution < -0.4 is 24.8 Å². The van der Waals surface area contributed by atoms with Crippen molar-refractivity contribution < 1.29 is 41.9 Å². The third-order valence-electron chi connectivity index (χ3n) is 5.16. The van der Waals surface area contributed by atoms with Crippen molar-refractivity contribution in [2.75, 3.05) is 0 Å². The third kappa shape index (κ3) is 8.39. The number of para-hydroxylation sites is 2. The standard InChI is InChI=1S/C26H36N2.2ClH.Fe/c1-17(2)21-11-9-12-22(18(3)4)25(21)27-15-16-28-26-23(19(5)6)13-10-14-24(26)20(7)8;;;/h9-20H,1-8H3;2*1H;/q;;;+2/p-2. The first-order valence-electron chi connectivity index (χ1n) is 10.6. The van der Waals surface area contributed by atoms with Crippen molar-refractivity contribution in [1.29, 1.82) is 0 Å². The minimum Gasteiger partial charge on any atom is -1.00 e. The molecule has 0 N–H and O–H groups in total. The van der Waals surface area contributed by atoms with E-state index in [1.165, 1.54) is 22.3 Å². The van der Waals surface area contributed by atoms with Crippen molar-refractivity contribution in [3.63, 3.8) is 0 Å². The van der Waals surface area contributed by atoms with Crippen LogP contribution in [0.1, 0.15) is 101 Å². The van der Waals surface area contributed by atoms with Gasteiger partial charge in [-0.2, -0.15) is 0 Å². The minimum atomic E-state index is 0. The summed E-state index contributed by atoms with van der Waals surface area (Å²) in [5, 5.41) is 0. The van der Waals surface area contributed by atoms with Gasteiger partial charge in [-0.25, -0.2) is 0 Å². The van der Waals surface area contributed by atoms with E-state index < -0.39 is 0 Å². The molecule has 2 aromatic rings. The SMILES string of the molecule is CC(C)c1cccc(C(C)C)c1N=CC=Nc1c(C(C)C)cccc1C(C)C.[Cl-].[Cl-].[Fe+2]. The predicted molar refractivity (Wildman–Crippen MR) is 126 cm³/mol. The summed E-state index contributed by atoms with van der Waals surface area (Å²) in [7, 11) is 0. The molecule has 0 heterocycles. The van der Waals surface area contributed by atoms with E-state index in [1.54, 1.807) is 0 Å². The molecule has 172 valence electrons. The maximum absolute atomic E-state index is 4.84. The summed E-state index contributed by atoms with van der Waals surface area (Å²) >= 11 is 0. The Kier molecular flexibility index (Phi) is 15.4. The van der Waals surface area contributed by atoms with E-state index in [-0.39, 0.29) is 41.9 Å². The largest absolute Gasteiger partial charge is 2.00 e. The average molecular weight is 503 g/mol. The van der Waals surface area contributed by atoms with E-state index in [0.29, 0.717) is 23.7 Å². The molecule has 5 heteroatoms. The molecular weight excluding hydrogens is 467 g/mol. The zero-order chi connectivity index (χ0) is 20.8. The van der Waals surface area contributed by atoms with Gasteiger partial charge in [0, 0.05) is 12.4 Å². The summed E-state index contributed by atoms with van der Waals surface area (Å²) in [6.45, 7) is 17.8. The zero-order valence-electron chi connectivity index (χ0n) is 19.9. The van der Waals surface area contributed by atoms with Crippen molar-refractivity contribution in [1.82, 2.24) is 0 Å². The van der Waals surface area contributed by atoms with Crippen molar-refractivity contribution in [2.45, 2.75) is 79.1 Å². The van der Waals surface area contributed by atoms with Gasteiger partial charge in [0.15, 0.2) is 0 Å². The number of nitrogens with zero attached hydrogens (tertiary/aromatic N) is 2. The minimum absolute atomic E-state index is 0. The molecule has 2 aromatic carbocycles. The van der Waals surface area contributed by atoms with Gasteiger partial charge in [-0.05, 0) is 45.9 Å². The molecule has 2 nitrogen and oxygen atoms in total. The summed E-state index contributed by atoms with van der Waals surface area (Å²) < 4.78 is 0. The van der Waals surface area contributed by atoms with Crippen molar-refractivity contribution in [3.8, 4) is 0 Å². The fourth-order valence-electron chi connectivity index (χ4n) is 3.54. The number of hydrogen-bond donors (Lipinski definition) is 0. The smallest absolute Gasteiger partial charge is 1.00 e. The van der Waals surface area contributed by atoms with E-state index in [0.717, 1.165) is 11.4 Å². The number of aliphatic imine (C=N–C) groups is 2. The molecule has 0 aliphatic rings. The third-order valence-corrected chi connectivity index (χ3v) is 5.16. The Morgan fingerprint density at radius 2 is 0.742 bits per heavy atom. The molecule has 0 fully saturated rings. The fourth-order valence-corrected chi connectivity index (χ4v) is 3.54. The molecule has 0 aromatic heterocycles. The van der Waals surface area contributed by atoms with Gasteiger partial charge in [-0.3, -0.25) is 9.98 Å². The average Bonchev–Trinajstić information content (AvgIpc) is 2.64. The first-order chi connectivity index (χ1) is 13.2. The summed E-state index contributed by atoms with van der Waals surface area (Å²) in [5.74, 6) is 1.77.